The third kappa shape index (κ3) is 3.92. The molecular weight excluding hydrogens is 352 g/mol. The minimum absolute atomic E-state index is 0.0788. The van der Waals surface area contributed by atoms with E-state index in [1.807, 2.05) is 42.0 Å². The van der Waals surface area contributed by atoms with E-state index in [0.717, 1.165) is 42.6 Å². The van der Waals surface area contributed by atoms with E-state index in [4.69, 9.17) is 4.74 Å². The fourth-order valence-electron chi connectivity index (χ4n) is 4.08. The molecule has 1 N–H and O–H groups in total. The molecule has 1 aliphatic heterocycles. The van der Waals surface area contributed by atoms with Gasteiger partial charge in [-0.1, -0.05) is 18.2 Å². The van der Waals surface area contributed by atoms with E-state index >= 15 is 0 Å². The minimum atomic E-state index is 0.0788. The summed E-state index contributed by atoms with van der Waals surface area (Å²) in [6.07, 6.45) is 5.06. The highest BCUT2D eigenvalue weighted by Crippen LogP contribution is 2.38. The van der Waals surface area contributed by atoms with Crippen LogP contribution in [-0.2, 0) is 18.4 Å². The summed E-state index contributed by atoms with van der Waals surface area (Å²) in [6.45, 7) is 4.41. The van der Waals surface area contributed by atoms with E-state index in [1.165, 1.54) is 18.4 Å². The third-order valence-electron chi connectivity index (χ3n) is 6.15. The monoisotopic (exact) mass is 382 g/mol. The molecule has 2 aromatic rings. The molecule has 0 radical (unpaired) electrons. The van der Waals surface area contributed by atoms with Crippen LogP contribution in [0.2, 0.25) is 0 Å². The zero-order valence-electron chi connectivity index (χ0n) is 17.0. The number of aryl methyl sites for hydroxylation is 1. The van der Waals surface area contributed by atoms with E-state index in [2.05, 4.69) is 29.5 Å². The molecule has 4 rings (SSSR count). The number of nitrogens with one attached hydrogen (secondary N) is 1. The number of nitrogens with zero attached hydrogens (tertiary/aromatic N) is 3. The predicted molar refractivity (Wildman–Crippen MR) is 108 cm³/mol. The number of carbonyl (C=O) groups excluding carboxylic acids is 1. The molecule has 1 saturated heterocycles. The van der Waals surface area contributed by atoms with Crippen molar-refractivity contribution in [3.63, 3.8) is 0 Å². The first kappa shape index (κ1) is 19.0. The molecule has 2 heterocycles. The second-order valence-corrected chi connectivity index (χ2v) is 8.22. The highest BCUT2D eigenvalue weighted by Gasteiger charge is 2.39. The first-order valence-electron chi connectivity index (χ1n) is 10.2. The Morgan fingerprint density at radius 2 is 2.04 bits per heavy atom. The van der Waals surface area contributed by atoms with Crippen molar-refractivity contribution in [1.82, 2.24) is 20.0 Å². The highest BCUT2D eigenvalue weighted by molar-refractivity contribution is 5.79. The zero-order chi connectivity index (χ0) is 19.7. The summed E-state index contributed by atoms with van der Waals surface area (Å²) in [7, 11) is 3.85. The fourth-order valence-corrected chi connectivity index (χ4v) is 4.08. The van der Waals surface area contributed by atoms with Gasteiger partial charge in [0, 0.05) is 56.3 Å². The van der Waals surface area contributed by atoms with Gasteiger partial charge in [-0.25, -0.2) is 0 Å². The van der Waals surface area contributed by atoms with E-state index in [0.29, 0.717) is 6.42 Å². The molecule has 28 heavy (non-hydrogen) atoms. The lowest BCUT2D eigenvalue weighted by molar-refractivity contribution is -0.127. The molecule has 0 bridgehead atoms. The average molecular weight is 383 g/mol. The van der Waals surface area contributed by atoms with Crippen molar-refractivity contribution in [3.05, 3.63) is 47.3 Å². The number of para-hydroxylation sites is 1. The molecule has 1 saturated carbocycles. The Bertz CT molecular complexity index is 843. The van der Waals surface area contributed by atoms with Crippen LogP contribution in [0.15, 0.2) is 30.5 Å². The number of hydrogen-bond acceptors (Lipinski definition) is 4. The minimum Gasteiger partial charge on any atom is -0.493 e. The van der Waals surface area contributed by atoms with Crippen molar-refractivity contribution in [2.75, 3.05) is 20.2 Å². The van der Waals surface area contributed by atoms with Crippen molar-refractivity contribution in [2.24, 2.45) is 18.9 Å². The number of carbonyl (C=O) groups is 1. The van der Waals surface area contributed by atoms with Gasteiger partial charge in [-0.2, -0.15) is 5.10 Å². The molecule has 2 atom stereocenters. The lowest BCUT2D eigenvalue weighted by Gasteiger charge is -2.25. The van der Waals surface area contributed by atoms with E-state index in [1.54, 1.807) is 0 Å². The molecule has 1 amide bonds. The predicted octanol–water partition coefficient (Wildman–Crippen LogP) is 2.83. The van der Waals surface area contributed by atoms with Crippen LogP contribution in [0.3, 0.4) is 0 Å². The van der Waals surface area contributed by atoms with Crippen LogP contribution >= 0.6 is 0 Å². The lowest BCUT2D eigenvalue weighted by Crippen LogP contribution is -2.29. The lowest BCUT2D eigenvalue weighted by atomic mass is 9.94. The number of hydrogen-bond donors (Lipinski definition) is 1. The van der Waals surface area contributed by atoms with Gasteiger partial charge in [-0.3, -0.25) is 9.48 Å². The van der Waals surface area contributed by atoms with Gasteiger partial charge in [-0.15, -0.1) is 0 Å². The fraction of sp³-hybridized carbons (Fsp3) is 0.545. The van der Waals surface area contributed by atoms with Crippen LogP contribution in [0.5, 0.6) is 5.75 Å². The third-order valence-corrected chi connectivity index (χ3v) is 6.15. The number of amides is 1. The van der Waals surface area contributed by atoms with Gasteiger partial charge in [-0.05, 0) is 31.7 Å². The Kier molecular flexibility index (Phi) is 5.40. The zero-order valence-corrected chi connectivity index (χ0v) is 17.0. The maximum absolute atomic E-state index is 12.4. The second kappa shape index (κ2) is 7.95. The summed E-state index contributed by atoms with van der Waals surface area (Å²) in [6, 6.07) is 8.32. The van der Waals surface area contributed by atoms with Gasteiger partial charge in [0.25, 0.3) is 0 Å². The molecule has 0 unspecified atom stereocenters. The van der Waals surface area contributed by atoms with E-state index in [-0.39, 0.29) is 17.9 Å². The first-order valence-corrected chi connectivity index (χ1v) is 10.2. The quantitative estimate of drug-likeness (QED) is 0.763. The van der Waals surface area contributed by atoms with Crippen LogP contribution in [0, 0.1) is 18.8 Å². The summed E-state index contributed by atoms with van der Waals surface area (Å²) in [5.41, 5.74) is 3.45. The summed E-state index contributed by atoms with van der Waals surface area (Å²) in [5.74, 6) is 2.15. The van der Waals surface area contributed by atoms with Crippen LogP contribution in [0.1, 0.15) is 42.1 Å². The second-order valence-electron chi connectivity index (χ2n) is 8.22. The van der Waals surface area contributed by atoms with Gasteiger partial charge in [0.15, 0.2) is 0 Å². The Morgan fingerprint density at radius 1 is 1.25 bits per heavy atom. The van der Waals surface area contributed by atoms with Crippen molar-refractivity contribution >= 4 is 5.91 Å². The number of likely N-dealkylation sites (tertiary alicyclic amines) is 1. The number of benzene rings is 1. The maximum Gasteiger partial charge on any atom is 0.223 e. The van der Waals surface area contributed by atoms with Crippen molar-refractivity contribution < 1.29 is 9.53 Å². The smallest absolute Gasteiger partial charge is 0.223 e. The number of ether oxygens (including phenoxy) is 1. The van der Waals surface area contributed by atoms with E-state index < -0.39 is 0 Å². The largest absolute Gasteiger partial charge is 0.493 e. The Labute approximate surface area is 166 Å². The SMILES string of the molecule is Cc1c([C@H]2[C@H](CNCc3ccccc3OCC3CC3)CC(=O)N2C)cnn1C. The molecule has 1 aliphatic carbocycles. The summed E-state index contributed by atoms with van der Waals surface area (Å²) >= 11 is 0. The van der Waals surface area contributed by atoms with Crippen molar-refractivity contribution in [1.29, 1.82) is 0 Å². The summed E-state index contributed by atoms with van der Waals surface area (Å²) < 4.78 is 7.89. The highest BCUT2D eigenvalue weighted by atomic mass is 16.5. The molecule has 6 nitrogen and oxygen atoms in total. The number of rotatable bonds is 8. The molecule has 1 aromatic carbocycles. The van der Waals surface area contributed by atoms with Gasteiger partial charge in [0.2, 0.25) is 5.91 Å². The normalized spacial score (nSPS) is 22.1. The van der Waals surface area contributed by atoms with Gasteiger partial charge in [0.1, 0.15) is 5.75 Å². The Hall–Kier alpha value is -2.34. The van der Waals surface area contributed by atoms with Crippen molar-refractivity contribution in [3.8, 4) is 5.75 Å². The van der Waals surface area contributed by atoms with Crippen LogP contribution in [0.4, 0.5) is 0 Å². The molecule has 0 spiro atoms. The molecule has 2 fully saturated rings. The van der Waals surface area contributed by atoms with E-state index in [9.17, 15) is 4.79 Å². The topological polar surface area (TPSA) is 59.4 Å². The van der Waals surface area contributed by atoms with Crippen molar-refractivity contribution in [2.45, 2.75) is 38.8 Å². The van der Waals surface area contributed by atoms with Crippen LogP contribution in [0.25, 0.3) is 0 Å². The number of aromatic nitrogens is 2. The molecule has 6 heteroatoms. The first-order chi connectivity index (χ1) is 13.5. The van der Waals surface area contributed by atoms with Gasteiger partial charge < -0.3 is 15.0 Å². The summed E-state index contributed by atoms with van der Waals surface area (Å²) in [5, 5.41) is 7.94. The Balaban J connectivity index is 1.40. The molecular formula is C22H30N4O2. The van der Waals surface area contributed by atoms with Gasteiger partial charge in [0.05, 0.1) is 18.8 Å². The standard InChI is InChI=1S/C22H30N4O2/c1-15-19(13-24-26(15)3)22-18(10-21(27)25(22)2)12-23-11-17-6-4-5-7-20(17)28-14-16-8-9-16/h4-7,13,16,18,22-23H,8-12,14H2,1-3H3/t18-,22+/m0/s1. The van der Waals surface area contributed by atoms with Crippen LogP contribution < -0.4 is 10.1 Å². The average Bonchev–Trinajstić information content (AvgIpc) is 3.41. The molecule has 1 aromatic heterocycles. The van der Waals surface area contributed by atoms with Gasteiger partial charge >= 0.3 is 0 Å². The summed E-state index contributed by atoms with van der Waals surface area (Å²) in [4.78, 5) is 14.3. The Morgan fingerprint density at radius 3 is 2.75 bits per heavy atom. The van der Waals surface area contributed by atoms with Crippen LogP contribution in [-0.4, -0.2) is 40.8 Å². The molecule has 2 aliphatic rings. The maximum atomic E-state index is 12.4. The molecule has 150 valence electrons.